The summed E-state index contributed by atoms with van der Waals surface area (Å²) in [6, 6.07) is 5.41. The van der Waals surface area contributed by atoms with Crippen LogP contribution in [0.1, 0.15) is 33.6 Å². The van der Waals surface area contributed by atoms with Gasteiger partial charge in [0.1, 0.15) is 17.4 Å². The lowest BCUT2D eigenvalue weighted by atomic mass is 10.2. The largest absolute Gasteiger partial charge is 0.484 e. The third-order valence-corrected chi connectivity index (χ3v) is 4.23. The van der Waals surface area contributed by atoms with Gasteiger partial charge in [-0.1, -0.05) is 33.3 Å². The quantitative estimate of drug-likeness (QED) is 0.663. The first-order valence-electron chi connectivity index (χ1n) is 9.55. The number of nitrogens with one attached hydrogen (secondary N) is 1. The van der Waals surface area contributed by atoms with E-state index in [4.69, 9.17) is 10.5 Å². The van der Waals surface area contributed by atoms with Crippen molar-refractivity contribution in [1.82, 2.24) is 9.55 Å². The molecule has 0 fully saturated rings. The van der Waals surface area contributed by atoms with Crippen LogP contribution >= 0.6 is 0 Å². The number of benzene rings is 1. The molecule has 158 valence electrons. The van der Waals surface area contributed by atoms with Gasteiger partial charge in [-0.15, -0.1) is 0 Å². The average Bonchev–Trinajstić information content (AvgIpc) is 2.64. The van der Waals surface area contributed by atoms with E-state index >= 15 is 0 Å². The number of halogens is 1. The molecule has 2 rings (SSSR count). The maximum absolute atomic E-state index is 13.3. The molecule has 1 amide bonds. The maximum atomic E-state index is 13.3. The van der Waals surface area contributed by atoms with Crippen molar-refractivity contribution < 1.29 is 13.9 Å². The minimum absolute atomic E-state index is 0.0166. The number of H-pyrrole nitrogens is 1. The van der Waals surface area contributed by atoms with Gasteiger partial charge in [-0.25, -0.2) is 9.18 Å². The normalized spacial score (nSPS) is 10.9. The summed E-state index contributed by atoms with van der Waals surface area (Å²) in [4.78, 5) is 41.0. The zero-order valence-corrected chi connectivity index (χ0v) is 16.9. The molecule has 1 aromatic heterocycles. The van der Waals surface area contributed by atoms with Crippen molar-refractivity contribution in [2.75, 3.05) is 23.8 Å². The van der Waals surface area contributed by atoms with E-state index in [2.05, 4.69) is 4.98 Å². The molecule has 0 atom stereocenters. The second-order valence-electron chi connectivity index (χ2n) is 7.14. The fraction of sp³-hybridized carbons (Fsp3) is 0.450. The van der Waals surface area contributed by atoms with Crippen LogP contribution in [0.5, 0.6) is 5.75 Å². The molecule has 0 aliphatic rings. The number of hydrogen-bond acceptors (Lipinski definition) is 5. The number of aromatic nitrogens is 2. The molecule has 0 radical (unpaired) electrons. The summed E-state index contributed by atoms with van der Waals surface area (Å²) in [6.07, 6.45) is 1.52. The molecule has 0 bridgehead atoms. The second kappa shape index (κ2) is 9.90. The summed E-state index contributed by atoms with van der Waals surface area (Å²) in [5.74, 6) is -0.869. The van der Waals surface area contributed by atoms with Crippen molar-refractivity contribution in [3.63, 3.8) is 0 Å². The number of nitrogen functional groups attached to an aromatic ring is 1. The molecule has 1 aromatic carbocycles. The van der Waals surface area contributed by atoms with E-state index in [1.54, 1.807) is 0 Å². The minimum Gasteiger partial charge on any atom is -0.484 e. The first kappa shape index (κ1) is 22.2. The number of aromatic amines is 1. The number of nitrogens with two attached hydrogens (primary N) is 1. The summed E-state index contributed by atoms with van der Waals surface area (Å²) in [5.41, 5.74) is 4.70. The highest BCUT2D eigenvalue weighted by Crippen LogP contribution is 2.20. The highest BCUT2D eigenvalue weighted by Gasteiger charge is 2.25. The number of rotatable bonds is 9. The minimum atomic E-state index is -0.736. The number of amides is 1. The van der Waals surface area contributed by atoms with Gasteiger partial charge in [0.25, 0.3) is 11.5 Å². The van der Waals surface area contributed by atoms with Crippen molar-refractivity contribution in [1.29, 1.82) is 0 Å². The lowest BCUT2D eigenvalue weighted by molar-refractivity contribution is -0.120. The van der Waals surface area contributed by atoms with Crippen LogP contribution in [0.3, 0.4) is 0 Å². The Morgan fingerprint density at radius 3 is 2.69 bits per heavy atom. The lowest BCUT2D eigenvalue weighted by Crippen LogP contribution is -2.44. The van der Waals surface area contributed by atoms with Gasteiger partial charge < -0.3 is 15.4 Å². The molecule has 29 heavy (non-hydrogen) atoms. The van der Waals surface area contributed by atoms with Crippen molar-refractivity contribution in [2.24, 2.45) is 5.92 Å². The third kappa shape index (κ3) is 5.69. The van der Waals surface area contributed by atoms with E-state index in [0.29, 0.717) is 13.0 Å². The van der Waals surface area contributed by atoms with Gasteiger partial charge in [-0.05, 0) is 24.5 Å². The Morgan fingerprint density at radius 1 is 1.34 bits per heavy atom. The predicted octanol–water partition coefficient (Wildman–Crippen LogP) is 2.13. The van der Waals surface area contributed by atoms with Gasteiger partial charge in [-0.3, -0.25) is 19.1 Å². The van der Waals surface area contributed by atoms with E-state index in [1.807, 2.05) is 20.8 Å². The average molecular weight is 406 g/mol. The third-order valence-electron chi connectivity index (χ3n) is 4.23. The van der Waals surface area contributed by atoms with Gasteiger partial charge in [0.15, 0.2) is 12.3 Å². The molecule has 0 unspecified atom stereocenters. The number of hydrogen-bond donors (Lipinski definition) is 2. The van der Waals surface area contributed by atoms with Crippen molar-refractivity contribution >= 4 is 17.4 Å². The maximum Gasteiger partial charge on any atom is 0.330 e. The first-order valence-corrected chi connectivity index (χ1v) is 9.55. The molecule has 0 aliphatic heterocycles. The molecule has 2 aromatic rings. The SMILES string of the molecule is CCCCn1c(N)c(N(CC(C)C)C(=O)COc2cccc(F)c2)c(=O)[nH]c1=O. The molecule has 8 nitrogen and oxygen atoms in total. The molecule has 0 spiro atoms. The molecule has 0 saturated heterocycles. The molecule has 0 saturated carbocycles. The van der Waals surface area contributed by atoms with E-state index in [-0.39, 0.29) is 29.7 Å². The van der Waals surface area contributed by atoms with Crippen LogP contribution in [0.15, 0.2) is 33.9 Å². The second-order valence-corrected chi connectivity index (χ2v) is 7.14. The standard InChI is InChI=1S/C20H27FN4O4/c1-4-5-9-24-18(22)17(19(27)23-20(24)28)25(11-13(2)3)16(26)12-29-15-8-6-7-14(21)10-15/h6-8,10,13H,4-5,9,11-12,22H2,1-3H3,(H,23,27,28). The first-order chi connectivity index (χ1) is 13.7. The zero-order valence-electron chi connectivity index (χ0n) is 16.9. The van der Waals surface area contributed by atoms with E-state index in [9.17, 15) is 18.8 Å². The highest BCUT2D eigenvalue weighted by atomic mass is 19.1. The smallest absolute Gasteiger partial charge is 0.330 e. The lowest BCUT2D eigenvalue weighted by Gasteiger charge is -2.26. The van der Waals surface area contributed by atoms with Crippen molar-refractivity contribution in [3.05, 3.63) is 50.9 Å². The number of ether oxygens (including phenoxy) is 1. The molecule has 0 aliphatic carbocycles. The van der Waals surface area contributed by atoms with Crippen LogP contribution in [-0.2, 0) is 11.3 Å². The molecule has 9 heteroatoms. The Bertz CT molecular complexity index is 968. The number of unbranched alkanes of at least 4 members (excludes halogenated alkanes) is 1. The van der Waals surface area contributed by atoms with Gasteiger partial charge in [0, 0.05) is 19.2 Å². The van der Waals surface area contributed by atoms with Crippen molar-refractivity contribution in [3.8, 4) is 5.75 Å². The summed E-state index contributed by atoms with van der Waals surface area (Å²) < 4.78 is 19.9. The monoisotopic (exact) mass is 406 g/mol. The highest BCUT2D eigenvalue weighted by molar-refractivity contribution is 5.96. The Labute approximate surface area is 168 Å². The van der Waals surface area contributed by atoms with Crippen LogP contribution in [0.4, 0.5) is 15.9 Å². The van der Waals surface area contributed by atoms with Gasteiger partial charge >= 0.3 is 5.69 Å². The summed E-state index contributed by atoms with van der Waals surface area (Å²) in [7, 11) is 0. The van der Waals surface area contributed by atoms with Crippen LogP contribution in [-0.4, -0.2) is 28.6 Å². The van der Waals surface area contributed by atoms with Gasteiger partial charge in [0.05, 0.1) is 0 Å². The van der Waals surface area contributed by atoms with Crippen LogP contribution in [0.25, 0.3) is 0 Å². The van der Waals surface area contributed by atoms with E-state index < -0.39 is 29.6 Å². The van der Waals surface area contributed by atoms with Crippen LogP contribution < -0.4 is 26.6 Å². The van der Waals surface area contributed by atoms with Crippen LogP contribution in [0, 0.1) is 11.7 Å². The van der Waals surface area contributed by atoms with Gasteiger partial charge in [-0.2, -0.15) is 0 Å². The fourth-order valence-corrected chi connectivity index (χ4v) is 2.84. The molecule has 3 N–H and O–H groups in total. The topological polar surface area (TPSA) is 110 Å². The summed E-state index contributed by atoms with van der Waals surface area (Å²) in [5, 5.41) is 0. The Balaban J connectivity index is 2.37. The Morgan fingerprint density at radius 2 is 2.07 bits per heavy atom. The number of carbonyl (C=O) groups is 1. The predicted molar refractivity (Wildman–Crippen MR) is 110 cm³/mol. The van der Waals surface area contributed by atoms with E-state index in [0.717, 1.165) is 12.5 Å². The van der Waals surface area contributed by atoms with Crippen molar-refractivity contribution in [2.45, 2.75) is 40.2 Å². The zero-order chi connectivity index (χ0) is 21.6. The van der Waals surface area contributed by atoms with Gasteiger partial charge in [0.2, 0.25) is 0 Å². The Kier molecular flexibility index (Phi) is 7.58. The van der Waals surface area contributed by atoms with E-state index in [1.165, 1.54) is 27.7 Å². The summed E-state index contributed by atoms with van der Waals surface area (Å²) in [6.45, 7) is 5.84. The summed E-state index contributed by atoms with van der Waals surface area (Å²) >= 11 is 0. The fourth-order valence-electron chi connectivity index (χ4n) is 2.84. The Hall–Kier alpha value is -3.10. The molecular formula is C20H27FN4O4. The number of nitrogens with zero attached hydrogens (tertiary/aromatic N) is 2. The molecule has 1 heterocycles. The number of anilines is 2. The number of carbonyl (C=O) groups excluding carboxylic acids is 1. The van der Waals surface area contributed by atoms with Crippen LogP contribution in [0.2, 0.25) is 0 Å². The molecular weight excluding hydrogens is 379 g/mol.